The SMILES string of the molecule is O=C(Cc1ccccc1O)Nc1ccc(Nc2ccccc2)cc1. The number of anilines is 3. The normalized spacial score (nSPS) is 10.2. The molecule has 0 heterocycles. The fraction of sp³-hybridized carbons (Fsp3) is 0.0500. The number of phenols is 1. The van der Waals surface area contributed by atoms with E-state index in [1.54, 1.807) is 24.3 Å². The van der Waals surface area contributed by atoms with E-state index in [0.29, 0.717) is 11.3 Å². The van der Waals surface area contributed by atoms with Crippen molar-refractivity contribution in [3.8, 4) is 5.75 Å². The van der Waals surface area contributed by atoms with E-state index in [2.05, 4.69) is 10.6 Å². The van der Waals surface area contributed by atoms with E-state index in [1.165, 1.54) is 0 Å². The van der Waals surface area contributed by atoms with E-state index in [9.17, 15) is 9.90 Å². The zero-order valence-electron chi connectivity index (χ0n) is 13.1. The summed E-state index contributed by atoms with van der Waals surface area (Å²) in [6, 6.07) is 24.2. The Labute approximate surface area is 140 Å². The molecule has 0 saturated carbocycles. The fourth-order valence-corrected chi connectivity index (χ4v) is 2.36. The van der Waals surface area contributed by atoms with E-state index >= 15 is 0 Å². The standard InChI is InChI=1S/C20H18N2O2/c23-19-9-5-4-6-15(19)14-20(24)22-18-12-10-17(11-13-18)21-16-7-2-1-3-8-16/h1-13,21,23H,14H2,(H,22,24). The lowest BCUT2D eigenvalue weighted by atomic mass is 10.1. The lowest BCUT2D eigenvalue weighted by molar-refractivity contribution is -0.115. The van der Waals surface area contributed by atoms with Crippen molar-refractivity contribution in [2.45, 2.75) is 6.42 Å². The van der Waals surface area contributed by atoms with Gasteiger partial charge in [0.15, 0.2) is 0 Å². The van der Waals surface area contributed by atoms with Gasteiger partial charge in [-0.15, -0.1) is 0 Å². The monoisotopic (exact) mass is 318 g/mol. The van der Waals surface area contributed by atoms with Crippen molar-refractivity contribution < 1.29 is 9.90 Å². The van der Waals surface area contributed by atoms with Gasteiger partial charge < -0.3 is 15.7 Å². The summed E-state index contributed by atoms with van der Waals surface area (Å²) >= 11 is 0. The number of rotatable bonds is 5. The maximum Gasteiger partial charge on any atom is 0.228 e. The van der Waals surface area contributed by atoms with Gasteiger partial charge in [0.25, 0.3) is 0 Å². The number of benzene rings is 3. The summed E-state index contributed by atoms with van der Waals surface area (Å²) in [5.74, 6) is -0.0321. The number of hydrogen-bond acceptors (Lipinski definition) is 3. The number of para-hydroxylation sites is 2. The zero-order chi connectivity index (χ0) is 16.8. The van der Waals surface area contributed by atoms with Crippen LogP contribution < -0.4 is 10.6 Å². The third-order valence-corrected chi connectivity index (χ3v) is 3.57. The van der Waals surface area contributed by atoms with Crippen molar-refractivity contribution in [1.29, 1.82) is 0 Å². The third kappa shape index (κ3) is 4.14. The molecular weight excluding hydrogens is 300 g/mol. The molecule has 0 fully saturated rings. The molecule has 3 aromatic carbocycles. The number of amides is 1. The van der Waals surface area contributed by atoms with Crippen LogP contribution in [-0.4, -0.2) is 11.0 Å². The molecular formula is C20H18N2O2. The first kappa shape index (κ1) is 15.6. The van der Waals surface area contributed by atoms with Gasteiger partial charge in [0, 0.05) is 22.6 Å². The van der Waals surface area contributed by atoms with Crippen molar-refractivity contribution in [3.05, 3.63) is 84.4 Å². The van der Waals surface area contributed by atoms with Crippen LogP contribution in [0.5, 0.6) is 5.75 Å². The molecule has 120 valence electrons. The van der Waals surface area contributed by atoms with Gasteiger partial charge in [-0.25, -0.2) is 0 Å². The molecule has 0 aliphatic carbocycles. The molecule has 3 N–H and O–H groups in total. The van der Waals surface area contributed by atoms with Gasteiger partial charge in [-0.2, -0.15) is 0 Å². The molecule has 3 rings (SSSR count). The molecule has 0 unspecified atom stereocenters. The smallest absolute Gasteiger partial charge is 0.228 e. The molecule has 0 aromatic heterocycles. The Hall–Kier alpha value is -3.27. The van der Waals surface area contributed by atoms with Crippen molar-refractivity contribution >= 4 is 23.0 Å². The second kappa shape index (κ2) is 7.33. The number of carbonyl (C=O) groups excluding carboxylic acids is 1. The molecule has 0 radical (unpaired) electrons. The molecule has 0 atom stereocenters. The summed E-state index contributed by atoms with van der Waals surface area (Å²) in [5.41, 5.74) is 3.28. The highest BCUT2D eigenvalue weighted by molar-refractivity contribution is 5.92. The van der Waals surface area contributed by atoms with E-state index in [4.69, 9.17) is 0 Å². The fourth-order valence-electron chi connectivity index (χ4n) is 2.36. The summed E-state index contributed by atoms with van der Waals surface area (Å²) in [6.07, 6.45) is 0.136. The highest BCUT2D eigenvalue weighted by Crippen LogP contribution is 2.20. The first-order valence-electron chi connectivity index (χ1n) is 7.69. The molecule has 3 aromatic rings. The molecule has 1 amide bonds. The van der Waals surface area contributed by atoms with Crippen LogP contribution in [0.4, 0.5) is 17.1 Å². The topological polar surface area (TPSA) is 61.4 Å². The van der Waals surface area contributed by atoms with Gasteiger partial charge in [-0.3, -0.25) is 4.79 Å². The summed E-state index contributed by atoms with van der Waals surface area (Å²) in [7, 11) is 0. The van der Waals surface area contributed by atoms with Crippen LogP contribution in [0.3, 0.4) is 0 Å². The Morgan fingerprint density at radius 3 is 2.04 bits per heavy atom. The summed E-state index contributed by atoms with van der Waals surface area (Å²) in [5, 5.41) is 15.8. The maximum absolute atomic E-state index is 12.1. The van der Waals surface area contributed by atoms with Crippen molar-refractivity contribution in [2.24, 2.45) is 0 Å². The minimum atomic E-state index is -0.166. The number of aromatic hydroxyl groups is 1. The maximum atomic E-state index is 12.1. The molecule has 0 saturated heterocycles. The third-order valence-electron chi connectivity index (χ3n) is 3.57. The van der Waals surface area contributed by atoms with E-state index in [0.717, 1.165) is 11.4 Å². The lowest BCUT2D eigenvalue weighted by Gasteiger charge is -2.09. The zero-order valence-corrected chi connectivity index (χ0v) is 13.1. The Kier molecular flexibility index (Phi) is 4.77. The van der Waals surface area contributed by atoms with Crippen LogP contribution in [0.15, 0.2) is 78.9 Å². The minimum absolute atomic E-state index is 0.134. The second-order valence-corrected chi connectivity index (χ2v) is 5.42. The summed E-state index contributed by atoms with van der Waals surface area (Å²) in [4.78, 5) is 12.1. The number of carbonyl (C=O) groups is 1. The highest BCUT2D eigenvalue weighted by Gasteiger charge is 2.07. The Morgan fingerprint density at radius 1 is 0.750 bits per heavy atom. The van der Waals surface area contributed by atoms with Gasteiger partial charge in [0.1, 0.15) is 5.75 Å². The predicted octanol–water partition coefficient (Wildman–Crippen LogP) is 4.32. The molecule has 0 aliphatic rings. The van der Waals surface area contributed by atoms with Gasteiger partial charge >= 0.3 is 0 Å². The van der Waals surface area contributed by atoms with E-state index in [1.807, 2.05) is 54.6 Å². The van der Waals surface area contributed by atoms with Crippen molar-refractivity contribution in [1.82, 2.24) is 0 Å². The van der Waals surface area contributed by atoms with Gasteiger partial charge in [0.05, 0.1) is 6.42 Å². The quantitative estimate of drug-likeness (QED) is 0.656. The van der Waals surface area contributed by atoms with Gasteiger partial charge in [-0.05, 0) is 42.5 Å². The molecule has 4 nitrogen and oxygen atoms in total. The van der Waals surface area contributed by atoms with Gasteiger partial charge in [-0.1, -0.05) is 36.4 Å². The molecule has 0 aliphatic heterocycles. The van der Waals surface area contributed by atoms with Crippen LogP contribution >= 0.6 is 0 Å². The Balaban J connectivity index is 1.60. The number of hydrogen-bond donors (Lipinski definition) is 3. The Morgan fingerprint density at radius 2 is 1.33 bits per heavy atom. The van der Waals surface area contributed by atoms with Crippen LogP contribution in [-0.2, 0) is 11.2 Å². The van der Waals surface area contributed by atoms with Crippen LogP contribution in [0.25, 0.3) is 0 Å². The molecule has 0 spiro atoms. The van der Waals surface area contributed by atoms with E-state index < -0.39 is 0 Å². The summed E-state index contributed by atoms with van der Waals surface area (Å²) < 4.78 is 0. The lowest BCUT2D eigenvalue weighted by Crippen LogP contribution is -2.14. The molecule has 24 heavy (non-hydrogen) atoms. The van der Waals surface area contributed by atoms with Crippen molar-refractivity contribution in [3.63, 3.8) is 0 Å². The average molecular weight is 318 g/mol. The average Bonchev–Trinajstić information content (AvgIpc) is 2.60. The number of nitrogens with one attached hydrogen (secondary N) is 2. The largest absolute Gasteiger partial charge is 0.508 e. The summed E-state index contributed by atoms with van der Waals surface area (Å²) in [6.45, 7) is 0. The molecule has 4 heteroatoms. The van der Waals surface area contributed by atoms with Crippen LogP contribution in [0.1, 0.15) is 5.56 Å². The van der Waals surface area contributed by atoms with Crippen LogP contribution in [0, 0.1) is 0 Å². The highest BCUT2D eigenvalue weighted by atomic mass is 16.3. The predicted molar refractivity (Wildman–Crippen MR) is 96.6 cm³/mol. The van der Waals surface area contributed by atoms with Gasteiger partial charge in [0.2, 0.25) is 5.91 Å². The minimum Gasteiger partial charge on any atom is -0.508 e. The van der Waals surface area contributed by atoms with Crippen LogP contribution in [0.2, 0.25) is 0 Å². The first-order chi connectivity index (χ1) is 11.7. The van der Waals surface area contributed by atoms with Crippen molar-refractivity contribution in [2.75, 3.05) is 10.6 Å². The second-order valence-electron chi connectivity index (χ2n) is 5.42. The Bertz CT molecular complexity index is 815. The molecule has 0 bridgehead atoms. The first-order valence-corrected chi connectivity index (χ1v) is 7.69. The van der Waals surface area contributed by atoms with E-state index in [-0.39, 0.29) is 18.1 Å². The number of phenolic OH excluding ortho intramolecular Hbond substituents is 1.